The Morgan fingerprint density at radius 3 is 2.25 bits per heavy atom. The molecule has 3 atom stereocenters. The van der Waals surface area contributed by atoms with Crippen molar-refractivity contribution in [1.29, 1.82) is 0 Å². The highest BCUT2D eigenvalue weighted by Gasteiger charge is 2.33. The van der Waals surface area contributed by atoms with E-state index in [-0.39, 0.29) is 6.42 Å². The lowest BCUT2D eigenvalue weighted by atomic mass is 9.92. The first-order valence-electron chi connectivity index (χ1n) is 12.0. The van der Waals surface area contributed by atoms with Crippen LogP contribution in [0, 0.1) is 17.8 Å². The Morgan fingerprint density at radius 1 is 1.25 bits per heavy atom. The first kappa shape index (κ1) is 34.8. The minimum absolute atomic E-state index is 0.0469. The lowest BCUT2D eigenvalue weighted by molar-refractivity contribution is -0.148. The summed E-state index contributed by atoms with van der Waals surface area (Å²) >= 11 is 0. The Hall–Kier alpha value is -3.38. The largest absolute Gasteiger partial charge is 0.480 e. The number of nitrogens with zero attached hydrogens (tertiary/aromatic N) is 1. The molecule has 3 unspecified atom stereocenters. The normalized spacial score (nSPS) is 16.5. The van der Waals surface area contributed by atoms with Crippen molar-refractivity contribution in [2.24, 2.45) is 5.41 Å². The maximum Gasteiger partial charge on any atom is 0.322 e. The third-order valence-electron chi connectivity index (χ3n) is 4.99. The van der Waals surface area contributed by atoms with E-state index in [9.17, 15) is 19.2 Å². The van der Waals surface area contributed by atoms with E-state index in [1.807, 2.05) is 13.8 Å². The van der Waals surface area contributed by atoms with Crippen LogP contribution in [0.3, 0.4) is 0 Å². The van der Waals surface area contributed by atoms with Crippen molar-refractivity contribution in [2.45, 2.75) is 85.4 Å². The molecule has 0 spiro atoms. The zero-order valence-corrected chi connectivity index (χ0v) is 22.6. The molecular weight excluding hydrogens is 460 g/mol. The number of carboxylic acid groups (broad SMARTS) is 1. The van der Waals surface area contributed by atoms with Gasteiger partial charge in [-0.15, -0.1) is 25.5 Å². The third kappa shape index (κ3) is 13.5. The van der Waals surface area contributed by atoms with Crippen molar-refractivity contribution in [2.75, 3.05) is 6.54 Å². The van der Waals surface area contributed by atoms with Gasteiger partial charge in [0.15, 0.2) is 0 Å². The zero-order chi connectivity index (χ0) is 28.3. The van der Waals surface area contributed by atoms with Crippen LogP contribution in [-0.2, 0) is 19.2 Å². The number of carbonyl (C=O) groups excluding carboxylic acids is 3. The average Bonchev–Trinajstić information content (AvgIpc) is 2.84. The monoisotopic (exact) mass is 504 g/mol. The molecule has 36 heavy (non-hydrogen) atoms. The van der Waals surface area contributed by atoms with Gasteiger partial charge in [0.1, 0.15) is 18.1 Å². The van der Waals surface area contributed by atoms with Crippen molar-refractivity contribution < 1.29 is 24.3 Å². The first-order valence-corrected chi connectivity index (χ1v) is 12.0. The molecule has 4 N–H and O–H groups in total. The standard InChI is InChI=1S/C19H28N4O5.C5H10.C3H6/c1-6-9-13(21-18(28)19(4,5)7-2)15(24)20-12(3)16(25)23-11-8-10-14(22-23)17(26)27;1-3-5-4-2;1-3-2/h1,7,12-14,22H,2,8-11H2,3-5H3,(H,20,24)(H,21,28)(H,26,27);3,5H,4H2,1-2H3;3H,1H2,2H3/b;5-3+;. The molecular formula is C27H44N4O5. The number of amides is 3. The van der Waals surface area contributed by atoms with Crippen LogP contribution in [0.15, 0.2) is 37.5 Å². The molecule has 0 radical (unpaired) electrons. The summed E-state index contributed by atoms with van der Waals surface area (Å²) in [4.78, 5) is 48.4. The molecule has 0 aromatic rings. The molecule has 1 saturated heterocycles. The number of rotatable bonds is 9. The number of hydrogen-bond donors (Lipinski definition) is 4. The molecule has 0 bridgehead atoms. The quantitative estimate of drug-likeness (QED) is 0.282. The van der Waals surface area contributed by atoms with Gasteiger partial charge >= 0.3 is 5.97 Å². The van der Waals surface area contributed by atoms with Crippen LogP contribution in [0.5, 0.6) is 0 Å². The van der Waals surface area contributed by atoms with Crippen molar-refractivity contribution in [3.8, 4) is 12.3 Å². The fraction of sp³-hybridized carbons (Fsp3) is 0.556. The molecule has 9 nitrogen and oxygen atoms in total. The summed E-state index contributed by atoms with van der Waals surface area (Å²) in [6.07, 6.45) is 14.7. The van der Waals surface area contributed by atoms with Gasteiger partial charge in [0, 0.05) is 13.0 Å². The Morgan fingerprint density at radius 2 is 1.83 bits per heavy atom. The van der Waals surface area contributed by atoms with Gasteiger partial charge in [0.05, 0.1) is 5.41 Å². The van der Waals surface area contributed by atoms with Gasteiger partial charge in [-0.3, -0.25) is 24.2 Å². The van der Waals surface area contributed by atoms with Gasteiger partial charge in [0.25, 0.3) is 5.91 Å². The third-order valence-corrected chi connectivity index (χ3v) is 4.99. The molecule has 1 heterocycles. The highest BCUT2D eigenvalue weighted by Crippen LogP contribution is 2.16. The lowest BCUT2D eigenvalue weighted by Crippen LogP contribution is -2.60. The molecule has 9 heteroatoms. The predicted molar refractivity (Wildman–Crippen MR) is 143 cm³/mol. The summed E-state index contributed by atoms with van der Waals surface area (Å²) in [5.41, 5.74) is 1.75. The second kappa shape index (κ2) is 18.9. The number of terminal acetylenes is 1. The molecule has 3 amide bonds. The average molecular weight is 505 g/mol. The highest BCUT2D eigenvalue weighted by molar-refractivity contribution is 5.93. The van der Waals surface area contributed by atoms with E-state index < -0.39 is 47.2 Å². The van der Waals surface area contributed by atoms with Crippen LogP contribution in [0.4, 0.5) is 0 Å². The minimum Gasteiger partial charge on any atom is -0.480 e. The van der Waals surface area contributed by atoms with Crippen molar-refractivity contribution in [3.63, 3.8) is 0 Å². The smallest absolute Gasteiger partial charge is 0.322 e. The van der Waals surface area contributed by atoms with Gasteiger partial charge in [-0.2, -0.15) is 0 Å². The summed E-state index contributed by atoms with van der Waals surface area (Å²) < 4.78 is 0. The summed E-state index contributed by atoms with van der Waals surface area (Å²) in [5.74, 6) is -0.204. The molecule has 0 saturated carbocycles. The van der Waals surface area contributed by atoms with Gasteiger partial charge < -0.3 is 15.7 Å². The van der Waals surface area contributed by atoms with Crippen LogP contribution in [0.25, 0.3) is 0 Å². The van der Waals surface area contributed by atoms with E-state index in [0.29, 0.717) is 19.4 Å². The number of allylic oxidation sites excluding steroid dienone is 3. The SMILES string of the molecule is C#CCC(NC(=O)C(C)(C)C=C)C(=O)NC(C)C(=O)N1CCCC(C(=O)O)N1.C/C=C/CC.C=CC. The van der Waals surface area contributed by atoms with Crippen molar-refractivity contribution in [3.05, 3.63) is 37.5 Å². The highest BCUT2D eigenvalue weighted by atomic mass is 16.4. The molecule has 0 aromatic carbocycles. The van der Waals surface area contributed by atoms with Crippen LogP contribution < -0.4 is 16.1 Å². The van der Waals surface area contributed by atoms with Gasteiger partial charge in [-0.05, 0) is 53.9 Å². The molecule has 0 aliphatic carbocycles. The maximum atomic E-state index is 12.5. The summed E-state index contributed by atoms with van der Waals surface area (Å²) in [6.45, 7) is 18.1. The molecule has 1 rings (SSSR count). The molecule has 1 aliphatic heterocycles. The molecule has 202 valence electrons. The topological polar surface area (TPSA) is 128 Å². The Labute approximate surface area is 216 Å². The zero-order valence-electron chi connectivity index (χ0n) is 22.6. The van der Waals surface area contributed by atoms with Gasteiger partial charge in [0.2, 0.25) is 11.8 Å². The summed E-state index contributed by atoms with van der Waals surface area (Å²) in [6, 6.07) is -2.79. The van der Waals surface area contributed by atoms with E-state index in [1.165, 1.54) is 18.0 Å². The number of carboxylic acids is 1. The Balaban J connectivity index is 0. The number of hydrogen-bond acceptors (Lipinski definition) is 5. The van der Waals surface area contributed by atoms with E-state index >= 15 is 0 Å². The van der Waals surface area contributed by atoms with Crippen LogP contribution >= 0.6 is 0 Å². The fourth-order valence-electron chi connectivity index (χ4n) is 2.73. The lowest BCUT2D eigenvalue weighted by Gasteiger charge is -2.33. The van der Waals surface area contributed by atoms with E-state index in [2.05, 4.69) is 54.2 Å². The van der Waals surface area contributed by atoms with E-state index in [1.54, 1.807) is 19.9 Å². The van der Waals surface area contributed by atoms with E-state index in [0.717, 1.165) is 6.42 Å². The van der Waals surface area contributed by atoms with Gasteiger partial charge in [-0.25, -0.2) is 5.43 Å². The number of nitrogens with one attached hydrogen (secondary N) is 3. The van der Waals surface area contributed by atoms with Crippen LogP contribution in [0.2, 0.25) is 0 Å². The maximum absolute atomic E-state index is 12.5. The molecule has 0 aromatic heterocycles. The second-order valence-electron chi connectivity index (χ2n) is 8.63. The number of carbonyl (C=O) groups is 4. The Kier molecular flexibility index (Phi) is 18.2. The first-order chi connectivity index (χ1) is 16.9. The molecule has 1 aliphatic rings. The summed E-state index contributed by atoms with van der Waals surface area (Å²) in [5, 5.41) is 15.4. The van der Waals surface area contributed by atoms with Crippen molar-refractivity contribution >= 4 is 23.7 Å². The second-order valence-corrected chi connectivity index (χ2v) is 8.63. The minimum atomic E-state index is -1.05. The Bertz CT molecular complexity index is 813. The van der Waals surface area contributed by atoms with Crippen LogP contribution in [-0.4, -0.2) is 58.5 Å². The molecule has 1 fully saturated rings. The summed E-state index contributed by atoms with van der Waals surface area (Å²) in [7, 11) is 0. The van der Waals surface area contributed by atoms with E-state index in [4.69, 9.17) is 11.5 Å². The number of aliphatic carboxylic acids is 1. The van der Waals surface area contributed by atoms with Crippen molar-refractivity contribution in [1.82, 2.24) is 21.1 Å². The fourth-order valence-corrected chi connectivity index (χ4v) is 2.73. The van der Waals surface area contributed by atoms with Crippen LogP contribution in [0.1, 0.15) is 67.2 Å². The predicted octanol–water partition coefficient (Wildman–Crippen LogP) is 2.96. The number of hydrazine groups is 1. The van der Waals surface area contributed by atoms with Gasteiger partial charge in [-0.1, -0.05) is 31.2 Å².